The summed E-state index contributed by atoms with van der Waals surface area (Å²) in [5.41, 5.74) is -0.614. The summed E-state index contributed by atoms with van der Waals surface area (Å²) in [6.07, 6.45) is -2.16. The first-order valence-electron chi connectivity index (χ1n) is 9.33. The quantitative estimate of drug-likeness (QED) is 0.532. The Labute approximate surface area is 180 Å². The van der Waals surface area contributed by atoms with Crippen molar-refractivity contribution in [1.29, 1.82) is 0 Å². The Kier molecular flexibility index (Phi) is 5.63. The van der Waals surface area contributed by atoms with Gasteiger partial charge in [-0.15, -0.1) is 0 Å². The van der Waals surface area contributed by atoms with Gasteiger partial charge in [0.15, 0.2) is 10.7 Å². The van der Waals surface area contributed by atoms with Crippen molar-refractivity contribution in [1.82, 2.24) is 23.8 Å². The van der Waals surface area contributed by atoms with Gasteiger partial charge in [-0.2, -0.15) is 17.5 Å². The monoisotopic (exact) mass is 471 g/mol. The fourth-order valence-electron chi connectivity index (χ4n) is 3.45. The molecule has 0 bridgehead atoms. The number of ether oxygens (including phenoxy) is 1. The van der Waals surface area contributed by atoms with Crippen molar-refractivity contribution in [2.24, 2.45) is 7.05 Å². The van der Waals surface area contributed by atoms with E-state index >= 15 is 0 Å². The number of sulfonamides is 1. The second-order valence-electron chi connectivity index (χ2n) is 7.25. The predicted molar refractivity (Wildman–Crippen MR) is 103 cm³/mol. The fourth-order valence-corrected chi connectivity index (χ4v) is 4.90. The molecule has 8 nitrogen and oxygen atoms in total. The molecule has 3 aromatic rings. The molecular weight excluding hydrogens is 454 g/mol. The van der Waals surface area contributed by atoms with Gasteiger partial charge in [0.25, 0.3) is 10.0 Å². The van der Waals surface area contributed by atoms with Gasteiger partial charge in [0.2, 0.25) is 5.88 Å². The molecule has 1 aromatic carbocycles. The lowest BCUT2D eigenvalue weighted by Gasteiger charge is -2.20. The summed E-state index contributed by atoms with van der Waals surface area (Å²) in [5.74, 6) is -1.41. The molecule has 0 unspecified atom stereocenters. The summed E-state index contributed by atoms with van der Waals surface area (Å²) in [6.45, 7) is -0.196. The third kappa shape index (κ3) is 4.43. The van der Waals surface area contributed by atoms with Crippen LogP contribution < -0.4 is 4.74 Å². The van der Waals surface area contributed by atoms with Crippen molar-refractivity contribution >= 4 is 10.0 Å². The lowest BCUT2D eigenvalue weighted by atomic mass is 9.96. The van der Waals surface area contributed by atoms with E-state index in [1.54, 1.807) is 7.05 Å². The van der Waals surface area contributed by atoms with Crippen molar-refractivity contribution < 1.29 is 30.7 Å². The van der Waals surface area contributed by atoms with Crippen LogP contribution in [0.25, 0.3) is 0 Å². The summed E-state index contributed by atoms with van der Waals surface area (Å²) in [4.78, 5) is 10.8. The van der Waals surface area contributed by atoms with Crippen LogP contribution in [0.2, 0.25) is 0 Å². The van der Waals surface area contributed by atoms with Gasteiger partial charge < -0.3 is 9.30 Å². The summed E-state index contributed by atoms with van der Waals surface area (Å²) in [7, 11) is -2.37. The summed E-state index contributed by atoms with van der Waals surface area (Å²) in [5, 5.41) is -0.167. The van der Waals surface area contributed by atoms with Gasteiger partial charge in [0.05, 0.1) is 12.9 Å². The van der Waals surface area contributed by atoms with Crippen molar-refractivity contribution in [3.05, 3.63) is 66.3 Å². The maximum absolute atomic E-state index is 13.4. The van der Waals surface area contributed by atoms with E-state index in [9.17, 15) is 26.0 Å². The fraction of sp³-hybridized carbons (Fsp3) is 0.316. The molecule has 0 saturated carbocycles. The largest absolute Gasteiger partial charge is 0.472 e. The highest BCUT2D eigenvalue weighted by molar-refractivity contribution is 7.89. The topological polar surface area (TPSA) is 90.2 Å². The van der Waals surface area contributed by atoms with E-state index < -0.39 is 39.7 Å². The molecule has 0 amide bonds. The maximum Gasteiger partial charge on any atom is 0.433 e. The van der Waals surface area contributed by atoms with Crippen LogP contribution in [0.4, 0.5) is 17.6 Å². The number of hydrogen-bond acceptors (Lipinski definition) is 6. The van der Waals surface area contributed by atoms with Crippen LogP contribution in [0, 0.1) is 5.82 Å². The van der Waals surface area contributed by atoms with Crippen LogP contribution in [0.1, 0.15) is 17.2 Å². The summed E-state index contributed by atoms with van der Waals surface area (Å²) < 4.78 is 86.7. The highest BCUT2D eigenvalue weighted by Gasteiger charge is 2.43. The first-order valence-corrected chi connectivity index (χ1v) is 10.8. The minimum atomic E-state index is -4.69. The number of aromatic nitrogens is 4. The molecule has 1 saturated heterocycles. The molecule has 0 radical (unpaired) electrons. The van der Waals surface area contributed by atoms with Gasteiger partial charge in [0, 0.05) is 31.8 Å². The molecule has 1 aliphatic rings. The SMILES string of the molecule is Cn1cnc(S(=O)(=O)N2C[C@H](Oc3cc(C(F)(F)F)ncn3)[C@@H](c3ccc(F)cc3)C2)c1. The van der Waals surface area contributed by atoms with Crippen LogP contribution in [0.5, 0.6) is 5.88 Å². The number of hydrogen-bond donors (Lipinski definition) is 0. The molecule has 2 atom stereocenters. The molecule has 2 aromatic heterocycles. The van der Waals surface area contributed by atoms with E-state index in [2.05, 4.69) is 15.0 Å². The number of aryl methyl sites for hydroxylation is 1. The zero-order chi connectivity index (χ0) is 23.1. The van der Waals surface area contributed by atoms with Gasteiger partial charge in [0.1, 0.15) is 18.2 Å². The van der Waals surface area contributed by atoms with Gasteiger partial charge in [-0.25, -0.2) is 27.8 Å². The highest BCUT2D eigenvalue weighted by atomic mass is 32.2. The second-order valence-corrected chi connectivity index (χ2v) is 9.14. The summed E-state index contributed by atoms with van der Waals surface area (Å²) >= 11 is 0. The number of nitrogens with zero attached hydrogens (tertiary/aromatic N) is 5. The van der Waals surface area contributed by atoms with E-state index in [1.807, 2.05) is 0 Å². The predicted octanol–water partition coefficient (Wildman–Crippen LogP) is 2.60. The molecule has 32 heavy (non-hydrogen) atoms. The molecule has 13 heteroatoms. The lowest BCUT2D eigenvalue weighted by molar-refractivity contribution is -0.141. The highest BCUT2D eigenvalue weighted by Crippen LogP contribution is 2.35. The zero-order valence-electron chi connectivity index (χ0n) is 16.6. The van der Waals surface area contributed by atoms with Crippen molar-refractivity contribution in [2.45, 2.75) is 23.2 Å². The molecule has 3 heterocycles. The third-order valence-corrected chi connectivity index (χ3v) is 6.74. The lowest BCUT2D eigenvalue weighted by Crippen LogP contribution is -2.31. The minimum Gasteiger partial charge on any atom is -0.472 e. The zero-order valence-corrected chi connectivity index (χ0v) is 17.4. The second kappa shape index (κ2) is 8.13. The van der Waals surface area contributed by atoms with E-state index in [4.69, 9.17) is 4.74 Å². The van der Waals surface area contributed by atoms with Crippen molar-refractivity contribution in [2.75, 3.05) is 13.1 Å². The van der Waals surface area contributed by atoms with Crippen LogP contribution in [-0.2, 0) is 23.2 Å². The number of imidazole rings is 1. The minimum absolute atomic E-state index is 0.0353. The first kappa shape index (κ1) is 22.1. The average Bonchev–Trinajstić information content (AvgIpc) is 3.36. The number of halogens is 4. The Balaban J connectivity index is 1.66. The van der Waals surface area contributed by atoms with E-state index in [-0.39, 0.29) is 24.0 Å². The Bertz CT molecular complexity index is 1210. The van der Waals surface area contributed by atoms with Crippen LogP contribution in [-0.4, -0.2) is 51.4 Å². The Morgan fingerprint density at radius 3 is 2.44 bits per heavy atom. The van der Waals surface area contributed by atoms with Crippen LogP contribution in [0.3, 0.4) is 0 Å². The normalized spacial score (nSPS) is 19.9. The molecule has 1 fully saturated rings. The van der Waals surface area contributed by atoms with Gasteiger partial charge >= 0.3 is 6.18 Å². The maximum atomic E-state index is 13.4. The number of alkyl halides is 3. The Hall–Kier alpha value is -3.06. The van der Waals surface area contributed by atoms with E-state index in [0.717, 1.165) is 10.6 Å². The Morgan fingerprint density at radius 2 is 1.81 bits per heavy atom. The van der Waals surface area contributed by atoms with E-state index in [1.165, 1.54) is 41.4 Å². The molecular formula is C19H17F4N5O3S. The number of rotatable bonds is 5. The smallest absolute Gasteiger partial charge is 0.433 e. The van der Waals surface area contributed by atoms with Crippen molar-refractivity contribution in [3.63, 3.8) is 0 Å². The molecule has 0 N–H and O–H groups in total. The molecule has 0 spiro atoms. The van der Waals surface area contributed by atoms with Gasteiger partial charge in [-0.1, -0.05) is 12.1 Å². The van der Waals surface area contributed by atoms with Crippen LogP contribution in [0.15, 0.2) is 54.2 Å². The molecule has 0 aliphatic carbocycles. The third-order valence-electron chi connectivity index (χ3n) is 5.02. The van der Waals surface area contributed by atoms with Crippen LogP contribution >= 0.6 is 0 Å². The Morgan fingerprint density at radius 1 is 1.09 bits per heavy atom. The average molecular weight is 471 g/mol. The molecule has 1 aliphatic heterocycles. The molecule has 170 valence electrons. The van der Waals surface area contributed by atoms with Crippen molar-refractivity contribution in [3.8, 4) is 5.88 Å². The number of benzene rings is 1. The summed E-state index contributed by atoms with van der Waals surface area (Å²) in [6, 6.07) is 6.05. The standard InChI is InChI=1S/C19H17F4N5O3S/c1-27-9-18(26-11-27)32(29,30)28-7-14(12-2-4-13(20)5-3-12)15(8-28)31-17-6-16(19(21,22)23)24-10-25-17/h2-6,9-11,14-15H,7-8H2,1H3/t14-,15+/m1/s1. The molecule has 4 rings (SSSR count). The van der Waals surface area contributed by atoms with Gasteiger partial charge in [-0.05, 0) is 17.7 Å². The van der Waals surface area contributed by atoms with Gasteiger partial charge in [-0.3, -0.25) is 0 Å². The van der Waals surface area contributed by atoms with E-state index in [0.29, 0.717) is 11.6 Å². The first-order chi connectivity index (χ1) is 15.0.